The molecular weight excluding hydrogens is 276 g/mol. The van der Waals surface area contributed by atoms with Crippen LogP contribution in [-0.2, 0) is 25.6 Å². The predicted molar refractivity (Wildman–Crippen MR) is 72.0 cm³/mol. The van der Waals surface area contributed by atoms with E-state index in [1.54, 1.807) is 6.20 Å². The third kappa shape index (κ3) is 3.81. The number of oxazole rings is 1. The molecule has 1 aliphatic rings. The van der Waals surface area contributed by atoms with Gasteiger partial charge in [0.2, 0.25) is 0 Å². The summed E-state index contributed by atoms with van der Waals surface area (Å²) in [5, 5.41) is 3.32. The van der Waals surface area contributed by atoms with Crippen LogP contribution in [0.5, 0.6) is 0 Å². The molecule has 1 aromatic heterocycles. The number of nitrogens with one attached hydrogen (secondary N) is 1. The first-order chi connectivity index (χ1) is 10.2. The fourth-order valence-electron chi connectivity index (χ4n) is 2.78. The van der Waals surface area contributed by atoms with E-state index in [2.05, 4.69) is 10.3 Å². The number of methoxy groups -OCH3 is 2. The van der Waals surface area contributed by atoms with Crippen molar-refractivity contribution in [1.29, 1.82) is 0 Å². The average Bonchev–Trinajstić information content (AvgIpc) is 3.04. The summed E-state index contributed by atoms with van der Waals surface area (Å²) in [4.78, 5) is 27.5. The van der Waals surface area contributed by atoms with Crippen molar-refractivity contribution < 1.29 is 23.5 Å². The van der Waals surface area contributed by atoms with E-state index in [1.807, 2.05) is 0 Å². The summed E-state index contributed by atoms with van der Waals surface area (Å²) in [6.45, 7) is 0.543. The molecule has 0 radical (unpaired) electrons. The summed E-state index contributed by atoms with van der Waals surface area (Å²) in [6.07, 6.45) is 4.95. The molecule has 3 atom stereocenters. The van der Waals surface area contributed by atoms with E-state index in [9.17, 15) is 9.59 Å². The standard InChI is InChI=1S/C14H20N2O5/c1-19-13(17)11-4-3-9(5-12(11)14(18)20-2)16-7-10-6-15-8-21-10/h6,8-9,11-12,16H,3-5,7H2,1-2H3. The third-order valence-corrected chi connectivity index (χ3v) is 3.91. The van der Waals surface area contributed by atoms with E-state index in [-0.39, 0.29) is 18.0 Å². The van der Waals surface area contributed by atoms with E-state index in [4.69, 9.17) is 13.9 Å². The van der Waals surface area contributed by atoms with Crippen LogP contribution in [0.4, 0.5) is 0 Å². The topological polar surface area (TPSA) is 90.7 Å². The molecule has 7 heteroatoms. The van der Waals surface area contributed by atoms with Crippen LogP contribution in [-0.4, -0.2) is 37.2 Å². The van der Waals surface area contributed by atoms with Gasteiger partial charge >= 0.3 is 11.9 Å². The van der Waals surface area contributed by atoms with Crippen LogP contribution < -0.4 is 5.32 Å². The van der Waals surface area contributed by atoms with Gasteiger partial charge in [0.1, 0.15) is 5.76 Å². The largest absolute Gasteiger partial charge is 0.469 e. The highest BCUT2D eigenvalue weighted by Crippen LogP contribution is 2.32. The van der Waals surface area contributed by atoms with Crippen molar-refractivity contribution >= 4 is 11.9 Å². The van der Waals surface area contributed by atoms with Crippen LogP contribution in [0, 0.1) is 11.8 Å². The third-order valence-electron chi connectivity index (χ3n) is 3.91. The molecule has 116 valence electrons. The van der Waals surface area contributed by atoms with Gasteiger partial charge in [-0.1, -0.05) is 0 Å². The molecule has 1 saturated carbocycles. The molecule has 0 bridgehead atoms. The van der Waals surface area contributed by atoms with Crippen molar-refractivity contribution in [2.45, 2.75) is 31.8 Å². The Morgan fingerprint density at radius 1 is 1.29 bits per heavy atom. The van der Waals surface area contributed by atoms with Crippen LogP contribution >= 0.6 is 0 Å². The number of aromatic nitrogens is 1. The van der Waals surface area contributed by atoms with Gasteiger partial charge in [0.25, 0.3) is 0 Å². The maximum atomic E-state index is 11.9. The lowest BCUT2D eigenvalue weighted by Crippen LogP contribution is -2.43. The minimum Gasteiger partial charge on any atom is -0.469 e. The summed E-state index contributed by atoms with van der Waals surface area (Å²) < 4.78 is 14.7. The smallest absolute Gasteiger partial charge is 0.309 e. The molecule has 0 amide bonds. The van der Waals surface area contributed by atoms with Gasteiger partial charge in [-0.15, -0.1) is 0 Å². The van der Waals surface area contributed by atoms with E-state index in [0.717, 1.165) is 12.2 Å². The molecule has 21 heavy (non-hydrogen) atoms. The summed E-state index contributed by atoms with van der Waals surface area (Å²) in [6, 6.07) is 0.125. The Labute approximate surface area is 123 Å². The average molecular weight is 296 g/mol. The Hall–Kier alpha value is -1.89. The number of hydrogen-bond acceptors (Lipinski definition) is 7. The maximum Gasteiger partial charge on any atom is 0.309 e. The monoisotopic (exact) mass is 296 g/mol. The van der Waals surface area contributed by atoms with Crippen molar-refractivity contribution in [2.75, 3.05) is 14.2 Å². The number of ether oxygens (including phenoxy) is 2. The zero-order valence-electron chi connectivity index (χ0n) is 12.2. The second kappa shape index (κ2) is 7.21. The second-order valence-corrected chi connectivity index (χ2v) is 5.12. The fourth-order valence-corrected chi connectivity index (χ4v) is 2.78. The first kappa shape index (κ1) is 15.5. The highest BCUT2D eigenvalue weighted by Gasteiger charge is 2.40. The number of rotatable bonds is 5. The molecule has 0 saturated heterocycles. The van der Waals surface area contributed by atoms with E-state index >= 15 is 0 Å². The lowest BCUT2D eigenvalue weighted by atomic mass is 9.77. The van der Waals surface area contributed by atoms with Crippen molar-refractivity contribution in [2.24, 2.45) is 11.8 Å². The Balaban J connectivity index is 1.95. The van der Waals surface area contributed by atoms with Gasteiger partial charge in [-0.2, -0.15) is 0 Å². The highest BCUT2D eigenvalue weighted by atomic mass is 16.5. The molecule has 1 aliphatic carbocycles. The van der Waals surface area contributed by atoms with Crippen LogP contribution in [0.3, 0.4) is 0 Å². The summed E-state index contributed by atoms with van der Waals surface area (Å²) in [5.41, 5.74) is 0. The molecule has 1 heterocycles. The highest BCUT2D eigenvalue weighted by molar-refractivity contribution is 5.82. The SMILES string of the molecule is COC(=O)C1CCC(NCc2cnco2)CC1C(=O)OC. The van der Waals surface area contributed by atoms with Crippen LogP contribution in [0.15, 0.2) is 17.0 Å². The second-order valence-electron chi connectivity index (χ2n) is 5.12. The normalized spacial score (nSPS) is 25.3. The van der Waals surface area contributed by atoms with Gasteiger partial charge in [-0.25, -0.2) is 4.98 Å². The van der Waals surface area contributed by atoms with Crippen LogP contribution in [0.25, 0.3) is 0 Å². The molecule has 2 rings (SSSR count). The van der Waals surface area contributed by atoms with Crippen LogP contribution in [0.2, 0.25) is 0 Å². The summed E-state index contributed by atoms with van der Waals surface area (Å²) in [7, 11) is 2.67. The Morgan fingerprint density at radius 3 is 2.62 bits per heavy atom. The van der Waals surface area contributed by atoms with Crippen LogP contribution in [0.1, 0.15) is 25.0 Å². The molecule has 0 aromatic carbocycles. The number of carbonyl (C=O) groups excluding carboxylic acids is 2. The van der Waals surface area contributed by atoms with Crippen molar-refractivity contribution in [1.82, 2.24) is 10.3 Å². The maximum absolute atomic E-state index is 11.9. The number of nitrogens with zero attached hydrogens (tertiary/aromatic N) is 1. The fraction of sp³-hybridized carbons (Fsp3) is 0.643. The van der Waals surface area contributed by atoms with E-state index in [0.29, 0.717) is 19.4 Å². The lowest BCUT2D eigenvalue weighted by molar-refractivity contribution is -0.160. The van der Waals surface area contributed by atoms with E-state index in [1.165, 1.54) is 20.6 Å². The minimum absolute atomic E-state index is 0.125. The Morgan fingerprint density at radius 2 is 2.00 bits per heavy atom. The van der Waals surface area contributed by atoms with Gasteiger partial charge in [0, 0.05) is 6.04 Å². The predicted octanol–water partition coefficient (Wildman–Crippen LogP) is 0.895. The number of carbonyl (C=O) groups is 2. The van der Waals surface area contributed by atoms with E-state index < -0.39 is 11.8 Å². The molecule has 7 nitrogen and oxygen atoms in total. The molecule has 3 unspecified atom stereocenters. The van der Waals surface area contributed by atoms with Gasteiger partial charge in [0.15, 0.2) is 6.39 Å². The molecule has 1 fully saturated rings. The lowest BCUT2D eigenvalue weighted by Gasteiger charge is -2.33. The first-order valence-electron chi connectivity index (χ1n) is 6.92. The van der Waals surface area contributed by atoms with Crippen molar-refractivity contribution in [3.63, 3.8) is 0 Å². The zero-order valence-corrected chi connectivity index (χ0v) is 12.2. The molecule has 0 spiro atoms. The molecule has 1 aromatic rings. The Bertz CT molecular complexity index is 474. The number of esters is 2. The first-order valence-corrected chi connectivity index (χ1v) is 6.92. The molecule has 1 N–H and O–H groups in total. The minimum atomic E-state index is -0.469. The van der Waals surface area contributed by atoms with Gasteiger partial charge < -0.3 is 19.2 Å². The summed E-state index contributed by atoms with van der Waals surface area (Å²) in [5.74, 6) is -0.871. The number of hydrogen-bond donors (Lipinski definition) is 1. The quantitative estimate of drug-likeness (QED) is 0.807. The molecular formula is C14H20N2O5. The van der Waals surface area contributed by atoms with Crippen molar-refractivity contribution in [3.8, 4) is 0 Å². The zero-order chi connectivity index (χ0) is 15.2. The van der Waals surface area contributed by atoms with Gasteiger partial charge in [-0.3, -0.25) is 9.59 Å². The Kier molecular flexibility index (Phi) is 5.32. The van der Waals surface area contributed by atoms with Gasteiger partial charge in [0.05, 0.1) is 38.8 Å². The van der Waals surface area contributed by atoms with Crippen molar-refractivity contribution in [3.05, 3.63) is 18.4 Å². The van der Waals surface area contributed by atoms with Gasteiger partial charge in [-0.05, 0) is 19.3 Å². The summed E-state index contributed by atoms with van der Waals surface area (Å²) >= 11 is 0. The molecule has 0 aliphatic heterocycles.